The van der Waals surface area contributed by atoms with E-state index in [0.29, 0.717) is 12.0 Å². The van der Waals surface area contributed by atoms with Crippen molar-refractivity contribution in [2.75, 3.05) is 7.11 Å². The van der Waals surface area contributed by atoms with E-state index >= 15 is 0 Å². The number of rotatable bonds is 6. The predicted molar refractivity (Wildman–Crippen MR) is 51.7 cm³/mol. The highest BCUT2D eigenvalue weighted by Gasteiger charge is 2.16. The van der Waals surface area contributed by atoms with Gasteiger partial charge in [0.2, 0.25) is 0 Å². The molecule has 0 aliphatic heterocycles. The first-order chi connectivity index (χ1) is 5.65. The van der Waals surface area contributed by atoms with Gasteiger partial charge >= 0.3 is 0 Å². The number of hydrazine groups is 1. The van der Waals surface area contributed by atoms with Crippen LogP contribution < -0.4 is 11.3 Å². The molecule has 0 saturated carbocycles. The van der Waals surface area contributed by atoms with Gasteiger partial charge in [0.1, 0.15) is 0 Å². The van der Waals surface area contributed by atoms with Crippen molar-refractivity contribution in [3.63, 3.8) is 0 Å². The van der Waals surface area contributed by atoms with Crippen LogP contribution in [0, 0.1) is 5.92 Å². The van der Waals surface area contributed by atoms with Crippen molar-refractivity contribution in [1.29, 1.82) is 0 Å². The first kappa shape index (κ1) is 11.9. The molecule has 3 nitrogen and oxygen atoms in total. The Kier molecular flexibility index (Phi) is 6.34. The first-order valence-electron chi connectivity index (χ1n) is 4.64. The van der Waals surface area contributed by atoms with Crippen LogP contribution in [0.5, 0.6) is 0 Å². The minimum atomic E-state index is 0.278. The van der Waals surface area contributed by atoms with E-state index < -0.39 is 0 Å². The standard InChI is InChI=1S/C9H22N2O/c1-5-7(2)9(11-10)6-8(3)12-4/h7-9,11H,5-6,10H2,1-4H3. The van der Waals surface area contributed by atoms with Crippen molar-refractivity contribution in [1.82, 2.24) is 5.43 Å². The zero-order valence-electron chi connectivity index (χ0n) is 8.63. The fraction of sp³-hybridized carbons (Fsp3) is 1.00. The van der Waals surface area contributed by atoms with Crippen molar-refractivity contribution in [2.24, 2.45) is 11.8 Å². The third kappa shape index (κ3) is 4.04. The highest BCUT2D eigenvalue weighted by molar-refractivity contribution is 4.72. The highest BCUT2D eigenvalue weighted by Crippen LogP contribution is 2.13. The first-order valence-corrected chi connectivity index (χ1v) is 4.64. The van der Waals surface area contributed by atoms with E-state index in [1.807, 2.05) is 0 Å². The molecule has 0 rings (SSSR count). The fourth-order valence-corrected chi connectivity index (χ4v) is 1.20. The van der Waals surface area contributed by atoms with E-state index in [1.54, 1.807) is 7.11 Å². The van der Waals surface area contributed by atoms with Gasteiger partial charge in [0.25, 0.3) is 0 Å². The number of methoxy groups -OCH3 is 1. The van der Waals surface area contributed by atoms with Gasteiger partial charge < -0.3 is 4.74 Å². The molecule has 0 aromatic heterocycles. The lowest BCUT2D eigenvalue weighted by Gasteiger charge is -2.24. The van der Waals surface area contributed by atoms with Gasteiger partial charge in [-0.25, -0.2) is 0 Å². The van der Waals surface area contributed by atoms with Crippen LogP contribution in [-0.2, 0) is 4.74 Å². The molecule has 0 aliphatic carbocycles. The average Bonchev–Trinajstić information content (AvgIpc) is 2.12. The monoisotopic (exact) mass is 174 g/mol. The Labute approximate surface area is 75.6 Å². The molecule has 0 aromatic carbocycles. The summed E-state index contributed by atoms with van der Waals surface area (Å²) in [6.45, 7) is 6.44. The predicted octanol–water partition coefficient (Wildman–Crippen LogP) is 1.29. The van der Waals surface area contributed by atoms with Crippen LogP contribution in [-0.4, -0.2) is 19.3 Å². The summed E-state index contributed by atoms with van der Waals surface area (Å²) in [7, 11) is 1.73. The van der Waals surface area contributed by atoms with Gasteiger partial charge in [-0.2, -0.15) is 0 Å². The molecule has 3 heteroatoms. The third-order valence-corrected chi connectivity index (χ3v) is 2.53. The normalized spacial score (nSPS) is 18.8. The van der Waals surface area contributed by atoms with Gasteiger partial charge in [-0.1, -0.05) is 20.3 Å². The Bertz CT molecular complexity index is 109. The molecular weight excluding hydrogens is 152 g/mol. The maximum Gasteiger partial charge on any atom is 0.0558 e. The Balaban J connectivity index is 3.81. The molecule has 3 atom stereocenters. The summed E-state index contributed by atoms with van der Waals surface area (Å²) in [5, 5.41) is 0. The van der Waals surface area contributed by atoms with E-state index in [0.717, 1.165) is 12.8 Å². The van der Waals surface area contributed by atoms with Crippen LogP contribution in [0.15, 0.2) is 0 Å². The minimum Gasteiger partial charge on any atom is -0.382 e. The summed E-state index contributed by atoms with van der Waals surface area (Å²) in [5.41, 5.74) is 2.84. The van der Waals surface area contributed by atoms with Crippen molar-refractivity contribution in [3.8, 4) is 0 Å². The van der Waals surface area contributed by atoms with Crippen molar-refractivity contribution < 1.29 is 4.74 Å². The molecule has 0 aliphatic rings. The van der Waals surface area contributed by atoms with Crippen LogP contribution in [0.2, 0.25) is 0 Å². The number of hydrogen-bond donors (Lipinski definition) is 2. The molecule has 0 saturated heterocycles. The molecule has 3 unspecified atom stereocenters. The van der Waals surface area contributed by atoms with Crippen molar-refractivity contribution >= 4 is 0 Å². The van der Waals surface area contributed by atoms with E-state index in [-0.39, 0.29) is 6.10 Å². The highest BCUT2D eigenvalue weighted by atomic mass is 16.5. The number of hydrogen-bond acceptors (Lipinski definition) is 3. The summed E-state index contributed by atoms with van der Waals surface area (Å²) in [5.74, 6) is 6.05. The molecule has 0 aromatic rings. The van der Waals surface area contributed by atoms with Crippen LogP contribution in [0.1, 0.15) is 33.6 Å². The summed E-state index contributed by atoms with van der Waals surface area (Å²) in [6, 6.07) is 0.366. The molecule has 0 bridgehead atoms. The van der Waals surface area contributed by atoms with Gasteiger partial charge in [-0.3, -0.25) is 11.3 Å². The van der Waals surface area contributed by atoms with E-state index in [1.165, 1.54) is 0 Å². The summed E-state index contributed by atoms with van der Waals surface area (Å²) >= 11 is 0. The lowest BCUT2D eigenvalue weighted by Crippen LogP contribution is -2.41. The topological polar surface area (TPSA) is 47.3 Å². The van der Waals surface area contributed by atoms with E-state index in [2.05, 4.69) is 26.2 Å². The molecule has 12 heavy (non-hydrogen) atoms. The Hall–Kier alpha value is -0.120. The Morgan fingerprint density at radius 1 is 1.42 bits per heavy atom. The van der Waals surface area contributed by atoms with Crippen LogP contribution in [0.25, 0.3) is 0 Å². The quantitative estimate of drug-likeness (QED) is 0.471. The molecule has 0 heterocycles. The second-order valence-electron chi connectivity index (χ2n) is 3.44. The maximum absolute atomic E-state index is 5.45. The Morgan fingerprint density at radius 2 is 2.00 bits per heavy atom. The van der Waals surface area contributed by atoms with Crippen molar-refractivity contribution in [3.05, 3.63) is 0 Å². The lowest BCUT2D eigenvalue weighted by molar-refractivity contribution is 0.0927. The second kappa shape index (κ2) is 6.40. The maximum atomic E-state index is 5.45. The molecular formula is C9H22N2O. The number of ether oxygens (including phenoxy) is 1. The van der Waals surface area contributed by atoms with Gasteiger partial charge in [0.05, 0.1) is 6.10 Å². The zero-order valence-corrected chi connectivity index (χ0v) is 8.63. The van der Waals surface area contributed by atoms with Gasteiger partial charge in [-0.05, 0) is 19.3 Å². The Morgan fingerprint density at radius 3 is 2.33 bits per heavy atom. The third-order valence-electron chi connectivity index (χ3n) is 2.53. The van der Waals surface area contributed by atoms with Crippen LogP contribution in [0.4, 0.5) is 0 Å². The van der Waals surface area contributed by atoms with Crippen LogP contribution in [0.3, 0.4) is 0 Å². The summed E-state index contributed by atoms with van der Waals surface area (Å²) in [6.07, 6.45) is 2.40. The largest absolute Gasteiger partial charge is 0.382 e. The zero-order chi connectivity index (χ0) is 9.56. The fourth-order valence-electron chi connectivity index (χ4n) is 1.20. The molecule has 0 fully saturated rings. The van der Waals surface area contributed by atoms with Gasteiger partial charge in [0, 0.05) is 13.2 Å². The molecule has 0 amide bonds. The van der Waals surface area contributed by atoms with Crippen LogP contribution >= 0.6 is 0 Å². The molecule has 0 spiro atoms. The molecule has 0 radical (unpaired) electrons. The summed E-state index contributed by atoms with van der Waals surface area (Å²) in [4.78, 5) is 0. The van der Waals surface area contributed by atoms with E-state index in [4.69, 9.17) is 10.6 Å². The van der Waals surface area contributed by atoms with E-state index in [9.17, 15) is 0 Å². The van der Waals surface area contributed by atoms with Gasteiger partial charge in [0.15, 0.2) is 0 Å². The molecule has 3 N–H and O–H groups in total. The second-order valence-corrected chi connectivity index (χ2v) is 3.44. The molecule has 74 valence electrons. The average molecular weight is 174 g/mol. The number of nitrogens with two attached hydrogens (primary N) is 1. The SMILES string of the molecule is CCC(C)C(CC(C)OC)NN. The lowest BCUT2D eigenvalue weighted by atomic mass is 9.95. The number of nitrogens with one attached hydrogen (secondary N) is 1. The van der Waals surface area contributed by atoms with Crippen molar-refractivity contribution in [2.45, 2.75) is 45.8 Å². The minimum absolute atomic E-state index is 0.278. The summed E-state index contributed by atoms with van der Waals surface area (Å²) < 4.78 is 5.18. The van der Waals surface area contributed by atoms with Gasteiger partial charge in [-0.15, -0.1) is 0 Å². The smallest absolute Gasteiger partial charge is 0.0558 e.